The molecule has 3 rings (SSSR count). The average molecular weight is 279 g/mol. The molecule has 2 fully saturated rings. The quantitative estimate of drug-likeness (QED) is 0.782. The molecule has 2 aliphatic rings. The van der Waals surface area contributed by atoms with Crippen LogP contribution in [0.4, 0.5) is 5.69 Å². The number of hydrogen-bond acceptors (Lipinski definition) is 2. The Balaban J connectivity index is 1.68. The molecule has 19 heavy (non-hydrogen) atoms. The number of benzene rings is 1. The van der Waals surface area contributed by atoms with E-state index in [0.29, 0.717) is 5.88 Å². The standard InChI is InChI=1S/C16H23ClN2/c1-13-10-15(5-4-14(13)11-17)19-9-6-16(12-19)18-7-2-3-8-18/h4-5,10,16H,2-3,6-9,11-12H2,1H3. The fourth-order valence-corrected chi connectivity index (χ4v) is 3.71. The lowest BCUT2D eigenvalue weighted by atomic mass is 10.1. The van der Waals surface area contributed by atoms with Gasteiger partial charge in [0.25, 0.3) is 0 Å². The van der Waals surface area contributed by atoms with E-state index in [0.717, 1.165) is 6.04 Å². The molecule has 2 heterocycles. The summed E-state index contributed by atoms with van der Waals surface area (Å²) in [7, 11) is 0. The third-order valence-electron chi connectivity index (χ3n) is 4.66. The van der Waals surface area contributed by atoms with Gasteiger partial charge >= 0.3 is 0 Å². The number of rotatable bonds is 3. The Hall–Kier alpha value is -0.730. The highest BCUT2D eigenvalue weighted by molar-refractivity contribution is 6.17. The molecular weight excluding hydrogens is 256 g/mol. The van der Waals surface area contributed by atoms with Crippen LogP contribution in [0.3, 0.4) is 0 Å². The van der Waals surface area contributed by atoms with Crippen LogP contribution in [0.25, 0.3) is 0 Å². The lowest BCUT2D eigenvalue weighted by molar-refractivity contribution is 0.260. The molecule has 2 nitrogen and oxygen atoms in total. The average Bonchev–Trinajstić information content (AvgIpc) is 3.09. The molecule has 1 atom stereocenters. The maximum absolute atomic E-state index is 5.93. The number of halogens is 1. The van der Waals surface area contributed by atoms with E-state index in [1.807, 2.05) is 0 Å². The third-order valence-corrected chi connectivity index (χ3v) is 4.94. The summed E-state index contributed by atoms with van der Waals surface area (Å²) in [5.41, 5.74) is 3.94. The molecule has 1 aromatic rings. The van der Waals surface area contributed by atoms with Gasteiger partial charge in [0.2, 0.25) is 0 Å². The summed E-state index contributed by atoms with van der Waals surface area (Å²) in [5, 5.41) is 0. The molecule has 1 unspecified atom stereocenters. The van der Waals surface area contributed by atoms with E-state index < -0.39 is 0 Å². The minimum atomic E-state index is 0.614. The van der Waals surface area contributed by atoms with Gasteiger partial charge in [-0.25, -0.2) is 0 Å². The van der Waals surface area contributed by atoms with Gasteiger partial charge < -0.3 is 4.90 Å². The molecule has 0 N–H and O–H groups in total. The Kier molecular flexibility index (Phi) is 3.99. The van der Waals surface area contributed by atoms with Gasteiger partial charge in [-0.3, -0.25) is 4.90 Å². The molecule has 0 amide bonds. The molecule has 0 spiro atoms. The fourth-order valence-electron chi connectivity index (χ4n) is 3.41. The van der Waals surface area contributed by atoms with Crippen molar-refractivity contribution in [3.05, 3.63) is 29.3 Å². The summed E-state index contributed by atoms with van der Waals surface area (Å²) in [6.45, 7) is 7.17. The molecule has 0 saturated carbocycles. The van der Waals surface area contributed by atoms with Crippen LogP contribution in [0.5, 0.6) is 0 Å². The topological polar surface area (TPSA) is 6.48 Å². The van der Waals surface area contributed by atoms with Crippen LogP contribution in [-0.2, 0) is 5.88 Å². The highest BCUT2D eigenvalue weighted by Crippen LogP contribution is 2.27. The SMILES string of the molecule is Cc1cc(N2CCC(N3CCCC3)C2)ccc1CCl. The zero-order chi connectivity index (χ0) is 13.2. The summed E-state index contributed by atoms with van der Waals surface area (Å²) in [6.07, 6.45) is 4.09. The molecule has 104 valence electrons. The van der Waals surface area contributed by atoms with E-state index in [4.69, 9.17) is 11.6 Å². The van der Waals surface area contributed by atoms with Crippen molar-refractivity contribution in [3.8, 4) is 0 Å². The van der Waals surface area contributed by atoms with Gasteiger partial charge in [0.15, 0.2) is 0 Å². The first-order valence-electron chi connectivity index (χ1n) is 7.42. The van der Waals surface area contributed by atoms with Gasteiger partial charge in [0.05, 0.1) is 0 Å². The van der Waals surface area contributed by atoms with Crippen LogP contribution in [-0.4, -0.2) is 37.1 Å². The van der Waals surface area contributed by atoms with Gasteiger partial charge in [0, 0.05) is 30.7 Å². The second-order valence-electron chi connectivity index (χ2n) is 5.88. The van der Waals surface area contributed by atoms with Crippen LogP contribution in [0.1, 0.15) is 30.4 Å². The van der Waals surface area contributed by atoms with Crippen LogP contribution in [0.15, 0.2) is 18.2 Å². The van der Waals surface area contributed by atoms with E-state index in [2.05, 4.69) is 34.9 Å². The molecule has 2 saturated heterocycles. The number of nitrogens with zero attached hydrogens (tertiary/aromatic N) is 2. The van der Waals surface area contributed by atoms with Crippen molar-refractivity contribution in [1.29, 1.82) is 0 Å². The maximum atomic E-state index is 5.93. The van der Waals surface area contributed by atoms with Crippen molar-refractivity contribution < 1.29 is 0 Å². The minimum Gasteiger partial charge on any atom is -0.370 e. The number of aryl methyl sites for hydroxylation is 1. The maximum Gasteiger partial charge on any atom is 0.0476 e. The first-order valence-corrected chi connectivity index (χ1v) is 7.96. The second-order valence-corrected chi connectivity index (χ2v) is 6.14. The minimum absolute atomic E-state index is 0.614. The van der Waals surface area contributed by atoms with Gasteiger partial charge in [-0.1, -0.05) is 6.07 Å². The number of anilines is 1. The van der Waals surface area contributed by atoms with Crippen molar-refractivity contribution in [1.82, 2.24) is 4.90 Å². The summed E-state index contributed by atoms with van der Waals surface area (Å²) < 4.78 is 0. The van der Waals surface area contributed by atoms with Crippen LogP contribution < -0.4 is 4.90 Å². The van der Waals surface area contributed by atoms with E-state index in [9.17, 15) is 0 Å². The largest absolute Gasteiger partial charge is 0.370 e. The number of likely N-dealkylation sites (tertiary alicyclic amines) is 1. The summed E-state index contributed by atoms with van der Waals surface area (Å²) in [5.74, 6) is 0.614. The smallest absolute Gasteiger partial charge is 0.0476 e. The van der Waals surface area contributed by atoms with Crippen molar-refractivity contribution in [2.24, 2.45) is 0 Å². The fraction of sp³-hybridized carbons (Fsp3) is 0.625. The van der Waals surface area contributed by atoms with Crippen molar-refractivity contribution in [2.75, 3.05) is 31.1 Å². The molecule has 0 aliphatic carbocycles. The normalized spacial score (nSPS) is 24.3. The zero-order valence-corrected chi connectivity index (χ0v) is 12.5. The second kappa shape index (κ2) is 5.72. The van der Waals surface area contributed by atoms with Crippen LogP contribution in [0.2, 0.25) is 0 Å². The van der Waals surface area contributed by atoms with Crippen molar-refractivity contribution >= 4 is 17.3 Å². The predicted molar refractivity (Wildman–Crippen MR) is 82.2 cm³/mol. The van der Waals surface area contributed by atoms with E-state index in [1.54, 1.807) is 0 Å². The first kappa shape index (κ1) is 13.3. The van der Waals surface area contributed by atoms with Crippen molar-refractivity contribution in [2.45, 2.75) is 38.1 Å². The molecular formula is C16H23ClN2. The Morgan fingerprint density at radius 2 is 2.00 bits per heavy atom. The monoisotopic (exact) mass is 278 g/mol. The number of alkyl halides is 1. The van der Waals surface area contributed by atoms with Gasteiger partial charge in [-0.15, -0.1) is 11.6 Å². The summed E-state index contributed by atoms with van der Waals surface area (Å²) in [4.78, 5) is 5.22. The molecule has 0 bridgehead atoms. The molecule has 1 aromatic carbocycles. The lowest BCUT2D eigenvalue weighted by Gasteiger charge is -2.24. The number of hydrogen-bond donors (Lipinski definition) is 0. The Morgan fingerprint density at radius 3 is 2.68 bits per heavy atom. The lowest BCUT2D eigenvalue weighted by Crippen LogP contribution is -2.35. The Morgan fingerprint density at radius 1 is 1.21 bits per heavy atom. The van der Waals surface area contributed by atoms with Crippen molar-refractivity contribution in [3.63, 3.8) is 0 Å². The van der Waals surface area contributed by atoms with E-state index in [1.165, 1.54) is 62.3 Å². The van der Waals surface area contributed by atoms with Crippen LogP contribution in [0, 0.1) is 6.92 Å². The summed E-state index contributed by atoms with van der Waals surface area (Å²) >= 11 is 5.93. The van der Waals surface area contributed by atoms with Gasteiger partial charge in [-0.05, 0) is 62.5 Å². The summed E-state index contributed by atoms with van der Waals surface area (Å²) in [6, 6.07) is 7.48. The van der Waals surface area contributed by atoms with E-state index >= 15 is 0 Å². The predicted octanol–water partition coefficient (Wildman–Crippen LogP) is 3.41. The van der Waals surface area contributed by atoms with Crippen LogP contribution >= 0.6 is 11.6 Å². The zero-order valence-electron chi connectivity index (χ0n) is 11.7. The molecule has 2 aliphatic heterocycles. The van der Waals surface area contributed by atoms with Gasteiger partial charge in [0.1, 0.15) is 0 Å². The highest BCUT2D eigenvalue weighted by atomic mass is 35.5. The molecule has 3 heteroatoms. The Bertz CT molecular complexity index is 440. The Labute approximate surface area is 121 Å². The highest BCUT2D eigenvalue weighted by Gasteiger charge is 2.29. The van der Waals surface area contributed by atoms with Gasteiger partial charge in [-0.2, -0.15) is 0 Å². The molecule has 0 aromatic heterocycles. The third kappa shape index (κ3) is 2.75. The molecule has 0 radical (unpaired) electrons. The van der Waals surface area contributed by atoms with E-state index in [-0.39, 0.29) is 0 Å². The first-order chi connectivity index (χ1) is 9.28.